The minimum atomic E-state index is -0.294. The summed E-state index contributed by atoms with van der Waals surface area (Å²) >= 11 is 2.21. The lowest BCUT2D eigenvalue weighted by Gasteiger charge is -2.09. The molecule has 0 aliphatic rings. The molecular formula is C14H13IN2O2. The van der Waals surface area contributed by atoms with Crippen molar-refractivity contribution >= 4 is 34.3 Å². The zero-order valence-electron chi connectivity index (χ0n) is 10.1. The summed E-state index contributed by atoms with van der Waals surface area (Å²) in [4.78, 5) is 11.6. The summed E-state index contributed by atoms with van der Waals surface area (Å²) in [5.74, 6) is 0.720. The third kappa shape index (κ3) is 4.78. The van der Waals surface area contributed by atoms with Gasteiger partial charge in [-0.1, -0.05) is 18.2 Å². The van der Waals surface area contributed by atoms with Crippen LogP contribution in [0.2, 0.25) is 0 Å². The molecule has 2 rings (SSSR count). The second kappa shape index (κ2) is 6.98. The first-order valence-corrected chi connectivity index (χ1v) is 6.80. The van der Waals surface area contributed by atoms with Crippen molar-refractivity contribution in [2.24, 2.45) is 0 Å². The van der Waals surface area contributed by atoms with Crippen LogP contribution in [0, 0.1) is 3.57 Å². The Morgan fingerprint density at radius 1 is 1.05 bits per heavy atom. The van der Waals surface area contributed by atoms with Gasteiger partial charge in [-0.05, 0) is 59.0 Å². The summed E-state index contributed by atoms with van der Waals surface area (Å²) < 4.78 is 6.48. The first-order valence-electron chi connectivity index (χ1n) is 5.72. The van der Waals surface area contributed by atoms with Gasteiger partial charge in [-0.25, -0.2) is 4.79 Å². The van der Waals surface area contributed by atoms with E-state index in [2.05, 4.69) is 33.2 Å². The van der Waals surface area contributed by atoms with Crippen LogP contribution in [0.5, 0.6) is 5.75 Å². The van der Waals surface area contributed by atoms with Crippen molar-refractivity contribution in [1.82, 2.24) is 5.32 Å². The molecule has 5 heteroatoms. The van der Waals surface area contributed by atoms with E-state index in [4.69, 9.17) is 4.74 Å². The van der Waals surface area contributed by atoms with E-state index >= 15 is 0 Å². The summed E-state index contributed by atoms with van der Waals surface area (Å²) in [6, 6.07) is 16.6. The van der Waals surface area contributed by atoms with Gasteiger partial charge in [-0.15, -0.1) is 0 Å². The van der Waals surface area contributed by atoms with Crippen molar-refractivity contribution < 1.29 is 9.53 Å². The van der Waals surface area contributed by atoms with Gasteiger partial charge in [0.15, 0.2) is 6.73 Å². The first-order chi connectivity index (χ1) is 9.24. The van der Waals surface area contributed by atoms with Crippen LogP contribution in [0.4, 0.5) is 10.5 Å². The average molecular weight is 368 g/mol. The molecule has 2 aromatic rings. The number of nitrogens with one attached hydrogen (secondary N) is 2. The number of hydrogen-bond acceptors (Lipinski definition) is 2. The van der Waals surface area contributed by atoms with Gasteiger partial charge in [0.1, 0.15) is 5.75 Å². The standard InChI is InChI=1S/C14H13IN2O2/c15-11-6-8-12(9-7-11)17-14(18)16-10-19-13-4-2-1-3-5-13/h1-9H,10H2,(H2,16,17,18). The minimum Gasteiger partial charge on any atom is -0.473 e. The van der Waals surface area contributed by atoms with Gasteiger partial charge in [0.05, 0.1) is 0 Å². The van der Waals surface area contributed by atoms with E-state index in [9.17, 15) is 4.79 Å². The highest BCUT2D eigenvalue weighted by Gasteiger charge is 2.00. The second-order valence-electron chi connectivity index (χ2n) is 3.74. The Morgan fingerprint density at radius 3 is 2.42 bits per heavy atom. The molecule has 0 aliphatic carbocycles. The number of urea groups is 1. The zero-order chi connectivity index (χ0) is 13.5. The largest absolute Gasteiger partial charge is 0.473 e. The third-order valence-electron chi connectivity index (χ3n) is 2.32. The highest BCUT2D eigenvalue weighted by atomic mass is 127. The summed E-state index contributed by atoms with van der Waals surface area (Å²) in [6.07, 6.45) is 0. The van der Waals surface area contributed by atoms with E-state index in [0.717, 1.165) is 15.0 Å². The maximum Gasteiger partial charge on any atom is 0.321 e. The molecule has 0 saturated heterocycles. The lowest BCUT2D eigenvalue weighted by Crippen LogP contribution is -2.31. The fourth-order valence-corrected chi connectivity index (χ4v) is 1.77. The lowest BCUT2D eigenvalue weighted by molar-refractivity contribution is 0.234. The van der Waals surface area contributed by atoms with Gasteiger partial charge >= 0.3 is 6.03 Å². The molecule has 0 spiro atoms. The van der Waals surface area contributed by atoms with Gasteiger partial charge in [0.25, 0.3) is 0 Å². The number of benzene rings is 2. The number of anilines is 1. The number of hydrogen-bond donors (Lipinski definition) is 2. The molecule has 0 heterocycles. The summed E-state index contributed by atoms with van der Waals surface area (Å²) in [6.45, 7) is 0.125. The molecule has 2 N–H and O–H groups in total. The van der Waals surface area contributed by atoms with Crippen LogP contribution in [0.1, 0.15) is 0 Å². The number of halogens is 1. The number of rotatable bonds is 4. The SMILES string of the molecule is O=C(NCOc1ccccc1)Nc1ccc(I)cc1. The Bertz CT molecular complexity index is 529. The molecular weight excluding hydrogens is 355 g/mol. The summed E-state index contributed by atoms with van der Waals surface area (Å²) in [5.41, 5.74) is 0.748. The molecule has 0 radical (unpaired) electrons. The molecule has 2 aromatic carbocycles. The maximum absolute atomic E-state index is 11.6. The van der Waals surface area contributed by atoms with Gasteiger partial charge in [-0.3, -0.25) is 0 Å². The van der Waals surface area contributed by atoms with E-state index < -0.39 is 0 Å². The molecule has 0 fully saturated rings. The summed E-state index contributed by atoms with van der Waals surface area (Å²) in [5, 5.41) is 5.34. The predicted molar refractivity (Wildman–Crippen MR) is 83.3 cm³/mol. The van der Waals surface area contributed by atoms with Crippen molar-refractivity contribution in [3.8, 4) is 5.75 Å². The van der Waals surface area contributed by atoms with E-state index in [0.29, 0.717) is 0 Å². The number of carbonyl (C=O) groups excluding carboxylic acids is 1. The van der Waals surface area contributed by atoms with Gasteiger partial charge < -0.3 is 15.4 Å². The molecule has 0 atom stereocenters. The van der Waals surface area contributed by atoms with Crippen LogP contribution < -0.4 is 15.4 Å². The van der Waals surface area contributed by atoms with Crippen molar-refractivity contribution in [3.63, 3.8) is 0 Å². The van der Waals surface area contributed by atoms with Crippen LogP contribution in [0.25, 0.3) is 0 Å². The van der Waals surface area contributed by atoms with E-state index in [-0.39, 0.29) is 12.8 Å². The Hall–Kier alpha value is -1.76. The highest BCUT2D eigenvalue weighted by molar-refractivity contribution is 14.1. The van der Waals surface area contributed by atoms with Crippen LogP contribution in [0.15, 0.2) is 54.6 Å². The topological polar surface area (TPSA) is 50.4 Å². The molecule has 0 saturated carbocycles. The number of para-hydroxylation sites is 1. The van der Waals surface area contributed by atoms with E-state index in [1.807, 2.05) is 54.6 Å². The number of ether oxygens (including phenoxy) is 1. The van der Waals surface area contributed by atoms with E-state index in [1.165, 1.54) is 0 Å². The Morgan fingerprint density at radius 2 is 1.74 bits per heavy atom. The molecule has 19 heavy (non-hydrogen) atoms. The fourth-order valence-electron chi connectivity index (χ4n) is 1.41. The van der Waals surface area contributed by atoms with Crippen LogP contribution >= 0.6 is 22.6 Å². The van der Waals surface area contributed by atoms with Crippen LogP contribution in [-0.4, -0.2) is 12.8 Å². The van der Waals surface area contributed by atoms with Gasteiger partial charge in [0.2, 0.25) is 0 Å². The van der Waals surface area contributed by atoms with Gasteiger partial charge in [0, 0.05) is 9.26 Å². The third-order valence-corrected chi connectivity index (χ3v) is 3.04. The molecule has 2 amide bonds. The predicted octanol–water partition coefficient (Wildman–Crippen LogP) is 3.45. The van der Waals surface area contributed by atoms with Crippen LogP contribution in [-0.2, 0) is 0 Å². The Balaban J connectivity index is 1.74. The molecule has 98 valence electrons. The molecule has 0 aromatic heterocycles. The summed E-state index contributed by atoms with van der Waals surface area (Å²) in [7, 11) is 0. The van der Waals surface area contributed by atoms with Crippen molar-refractivity contribution in [2.75, 3.05) is 12.0 Å². The fraction of sp³-hybridized carbons (Fsp3) is 0.0714. The molecule has 4 nitrogen and oxygen atoms in total. The average Bonchev–Trinajstić information content (AvgIpc) is 2.43. The second-order valence-corrected chi connectivity index (χ2v) is 4.99. The Labute approximate surface area is 125 Å². The number of amides is 2. The quantitative estimate of drug-likeness (QED) is 0.642. The molecule has 0 bridgehead atoms. The molecule has 0 aliphatic heterocycles. The normalized spacial score (nSPS) is 9.74. The van der Waals surface area contributed by atoms with Crippen molar-refractivity contribution in [2.45, 2.75) is 0 Å². The number of carbonyl (C=O) groups is 1. The lowest BCUT2D eigenvalue weighted by atomic mass is 10.3. The monoisotopic (exact) mass is 368 g/mol. The van der Waals surface area contributed by atoms with Crippen molar-refractivity contribution in [1.29, 1.82) is 0 Å². The highest BCUT2D eigenvalue weighted by Crippen LogP contribution is 2.11. The molecule has 0 unspecified atom stereocenters. The zero-order valence-corrected chi connectivity index (χ0v) is 12.3. The van der Waals surface area contributed by atoms with E-state index in [1.54, 1.807) is 0 Å². The van der Waals surface area contributed by atoms with Crippen molar-refractivity contribution in [3.05, 3.63) is 58.2 Å². The van der Waals surface area contributed by atoms with Crippen LogP contribution in [0.3, 0.4) is 0 Å². The smallest absolute Gasteiger partial charge is 0.321 e. The minimum absolute atomic E-state index is 0.125. The van der Waals surface area contributed by atoms with Gasteiger partial charge in [-0.2, -0.15) is 0 Å². The maximum atomic E-state index is 11.6. The Kier molecular flexibility index (Phi) is 5.02. The first kappa shape index (κ1) is 13.7.